The van der Waals surface area contributed by atoms with E-state index in [9.17, 15) is 0 Å². The maximum atomic E-state index is 5.89. The van der Waals surface area contributed by atoms with Crippen molar-refractivity contribution in [3.63, 3.8) is 0 Å². The van der Waals surface area contributed by atoms with E-state index in [0.717, 1.165) is 18.0 Å². The molecular formula is C17H19N3O2. The predicted octanol–water partition coefficient (Wildman–Crippen LogP) is 3.25. The fraction of sp³-hybridized carbons (Fsp3) is 0.412. The lowest BCUT2D eigenvalue weighted by molar-refractivity contribution is 0.0941. The van der Waals surface area contributed by atoms with Crippen LogP contribution < -0.4 is 10.1 Å². The zero-order chi connectivity index (χ0) is 14.8. The average Bonchev–Trinajstić information content (AvgIpc) is 3.18. The van der Waals surface area contributed by atoms with Crippen LogP contribution in [0.2, 0.25) is 0 Å². The lowest BCUT2D eigenvalue weighted by Crippen LogP contribution is -2.24. The lowest BCUT2D eigenvalue weighted by atomic mass is 9.89. The zero-order valence-electron chi connectivity index (χ0n) is 12.3. The largest absolute Gasteiger partial charge is 0.438 e. The minimum Gasteiger partial charge on any atom is -0.438 e. The minimum absolute atomic E-state index is 0.469. The van der Waals surface area contributed by atoms with Gasteiger partial charge in [0.15, 0.2) is 0 Å². The van der Waals surface area contributed by atoms with Gasteiger partial charge in [-0.2, -0.15) is 5.10 Å². The summed E-state index contributed by atoms with van der Waals surface area (Å²) in [4.78, 5) is 0. The first-order chi connectivity index (χ1) is 10.9. The molecule has 2 bridgehead atoms. The van der Waals surface area contributed by atoms with Crippen LogP contribution in [-0.4, -0.2) is 29.0 Å². The molecule has 2 fully saturated rings. The number of benzene rings is 1. The number of hydrogen-bond acceptors (Lipinski definition) is 5. The van der Waals surface area contributed by atoms with Gasteiger partial charge in [0.2, 0.25) is 5.88 Å². The van der Waals surface area contributed by atoms with Gasteiger partial charge in [-0.3, -0.25) is 0 Å². The van der Waals surface area contributed by atoms with Crippen molar-refractivity contribution in [1.82, 2.24) is 10.2 Å². The summed E-state index contributed by atoms with van der Waals surface area (Å²) in [5.74, 6) is 1.91. The summed E-state index contributed by atoms with van der Waals surface area (Å²) >= 11 is 0. The van der Waals surface area contributed by atoms with E-state index < -0.39 is 0 Å². The van der Waals surface area contributed by atoms with Gasteiger partial charge in [-0.25, -0.2) is 0 Å². The summed E-state index contributed by atoms with van der Waals surface area (Å²) in [5, 5.41) is 11.2. The van der Waals surface area contributed by atoms with E-state index in [1.807, 2.05) is 24.3 Å². The van der Waals surface area contributed by atoms with Crippen LogP contribution in [0.4, 0.5) is 5.69 Å². The Labute approximate surface area is 129 Å². The molecule has 2 aliphatic rings. The monoisotopic (exact) mass is 297 g/mol. The molecular weight excluding hydrogens is 278 g/mol. The van der Waals surface area contributed by atoms with E-state index in [2.05, 4.69) is 15.5 Å². The van der Waals surface area contributed by atoms with Crippen LogP contribution in [-0.2, 0) is 4.74 Å². The smallest absolute Gasteiger partial charge is 0.238 e. The Morgan fingerprint density at radius 3 is 2.77 bits per heavy atom. The van der Waals surface area contributed by atoms with Gasteiger partial charge in [-0.15, -0.1) is 5.10 Å². The van der Waals surface area contributed by atoms with Crippen LogP contribution in [0.15, 0.2) is 42.6 Å². The molecule has 1 N–H and O–H groups in total. The molecule has 0 radical (unpaired) electrons. The predicted molar refractivity (Wildman–Crippen MR) is 83.0 cm³/mol. The summed E-state index contributed by atoms with van der Waals surface area (Å²) in [7, 11) is 0. The molecule has 114 valence electrons. The van der Waals surface area contributed by atoms with Gasteiger partial charge in [-0.1, -0.05) is 0 Å². The SMILES string of the molecule is c1cnnc(Oc2ccc(NCC3CC4CCC3O4)cc2)c1. The molecule has 2 aliphatic heterocycles. The number of nitrogens with zero attached hydrogens (tertiary/aromatic N) is 2. The minimum atomic E-state index is 0.469. The van der Waals surface area contributed by atoms with E-state index >= 15 is 0 Å². The molecule has 3 heterocycles. The Kier molecular flexibility index (Phi) is 3.64. The summed E-state index contributed by atoms with van der Waals surface area (Å²) in [5.41, 5.74) is 1.11. The van der Waals surface area contributed by atoms with Crippen molar-refractivity contribution in [3.8, 4) is 11.6 Å². The highest BCUT2D eigenvalue weighted by atomic mass is 16.5. The Morgan fingerprint density at radius 1 is 1.18 bits per heavy atom. The number of fused-ring (bicyclic) bond motifs is 2. The molecule has 2 aromatic rings. The highest BCUT2D eigenvalue weighted by Crippen LogP contribution is 2.38. The fourth-order valence-electron chi connectivity index (χ4n) is 3.31. The van der Waals surface area contributed by atoms with Crippen LogP contribution in [0.5, 0.6) is 11.6 Å². The fourth-order valence-corrected chi connectivity index (χ4v) is 3.31. The van der Waals surface area contributed by atoms with Crippen molar-refractivity contribution < 1.29 is 9.47 Å². The first kappa shape index (κ1) is 13.5. The normalized spacial score (nSPS) is 26.1. The van der Waals surface area contributed by atoms with Crippen molar-refractivity contribution in [2.75, 3.05) is 11.9 Å². The second kappa shape index (κ2) is 5.93. The molecule has 4 rings (SSSR count). The standard InChI is InChI=1S/C17H19N3O2/c1-2-17(20-19-9-1)22-14-5-3-13(4-6-14)18-11-12-10-15-7-8-16(12)21-15/h1-6,9,12,15-16,18H,7-8,10-11H2. The molecule has 22 heavy (non-hydrogen) atoms. The number of hydrogen-bond donors (Lipinski definition) is 1. The summed E-state index contributed by atoms with van der Waals surface area (Å²) in [6.07, 6.45) is 6.28. The highest BCUT2D eigenvalue weighted by Gasteiger charge is 2.40. The van der Waals surface area contributed by atoms with Crippen molar-refractivity contribution in [2.24, 2.45) is 5.92 Å². The quantitative estimate of drug-likeness (QED) is 0.918. The van der Waals surface area contributed by atoms with E-state index in [1.54, 1.807) is 18.3 Å². The molecule has 0 aliphatic carbocycles. The highest BCUT2D eigenvalue weighted by molar-refractivity contribution is 5.47. The Bertz CT molecular complexity index is 618. The molecule has 3 unspecified atom stereocenters. The van der Waals surface area contributed by atoms with Crippen LogP contribution in [0.25, 0.3) is 0 Å². The third-order valence-corrected chi connectivity index (χ3v) is 4.42. The third-order valence-electron chi connectivity index (χ3n) is 4.42. The molecule has 0 spiro atoms. The van der Waals surface area contributed by atoms with Crippen LogP contribution in [0, 0.1) is 5.92 Å². The maximum Gasteiger partial charge on any atom is 0.238 e. The molecule has 1 aromatic carbocycles. The third kappa shape index (κ3) is 2.90. The van der Waals surface area contributed by atoms with Gasteiger partial charge >= 0.3 is 0 Å². The van der Waals surface area contributed by atoms with Crippen molar-refractivity contribution >= 4 is 5.69 Å². The molecule has 3 atom stereocenters. The molecule has 1 aromatic heterocycles. The molecule has 2 saturated heterocycles. The topological polar surface area (TPSA) is 56.3 Å². The summed E-state index contributed by atoms with van der Waals surface area (Å²) < 4.78 is 11.5. The van der Waals surface area contributed by atoms with Gasteiger partial charge in [0.1, 0.15) is 5.75 Å². The zero-order valence-corrected chi connectivity index (χ0v) is 12.3. The van der Waals surface area contributed by atoms with Gasteiger partial charge in [-0.05, 0) is 49.6 Å². The second-order valence-electron chi connectivity index (χ2n) is 5.94. The molecule has 5 nitrogen and oxygen atoms in total. The Balaban J connectivity index is 1.32. The number of ether oxygens (including phenoxy) is 2. The summed E-state index contributed by atoms with van der Waals surface area (Å²) in [6, 6.07) is 11.5. The number of anilines is 1. The number of nitrogens with one attached hydrogen (secondary N) is 1. The van der Waals surface area contributed by atoms with Gasteiger partial charge in [0, 0.05) is 30.4 Å². The van der Waals surface area contributed by atoms with Crippen LogP contribution in [0.3, 0.4) is 0 Å². The van der Waals surface area contributed by atoms with Gasteiger partial charge < -0.3 is 14.8 Å². The van der Waals surface area contributed by atoms with Crippen molar-refractivity contribution in [1.29, 1.82) is 0 Å². The lowest BCUT2D eigenvalue weighted by Gasteiger charge is -2.19. The average molecular weight is 297 g/mol. The number of aromatic nitrogens is 2. The number of rotatable bonds is 5. The van der Waals surface area contributed by atoms with Crippen molar-refractivity contribution in [3.05, 3.63) is 42.6 Å². The van der Waals surface area contributed by atoms with Gasteiger partial charge in [0.25, 0.3) is 0 Å². The molecule has 5 heteroatoms. The Hall–Kier alpha value is -2.14. The van der Waals surface area contributed by atoms with E-state index in [4.69, 9.17) is 9.47 Å². The second-order valence-corrected chi connectivity index (χ2v) is 5.94. The Morgan fingerprint density at radius 2 is 2.09 bits per heavy atom. The molecule has 0 saturated carbocycles. The van der Waals surface area contributed by atoms with Crippen LogP contribution >= 0.6 is 0 Å². The molecule has 0 amide bonds. The van der Waals surface area contributed by atoms with E-state index in [0.29, 0.717) is 24.0 Å². The van der Waals surface area contributed by atoms with Gasteiger partial charge in [0.05, 0.1) is 12.2 Å². The van der Waals surface area contributed by atoms with Crippen LogP contribution in [0.1, 0.15) is 19.3 Å². The first-order valence-corrected chi connectivity index (χ1v) is 7.82. The maximum absolute atomic E-state index is 5.89. The first-order valence-electron chi connectivity index (χ1n) is 7.82. The summed E-state index contributed by atoms with van der Waals surface area (Å²) in [6.45, 7) is 0.978. The van der Waals surface area contributed by atoms with E-state index in [1.165, 1.54) is 19.3 Å². The van der Waals surface area contributed by atoms with Crippen molar-refractivity contribution in [2.45, 2.75) is 31.5 Å². The van der Waals surface area contributed by atoms with E-state index in [-0.39, 0.29) is 0 Å².